The molecule has 410 valence electrons. The van der Waals surface area contributed by atoms with Crippen molar-refractivity contribution in [1.82, 2.24) is 24.9 Å². The maximum atomic E-state index is 12.3. The molecule has 0 unspecified atom stereocenters. The molecular weight excluding hydrogens is 1090 g/mol. The molecule has 13 nitrogen and oxygen atoms in total. The summed E-state index contributed by atoms with van der Waals surface area (Å²) in [5.74, 6) is 1.24. The predicted molar refractivity (Wildman–Crippen MR) is 270 cm³/mol. The molecule has 1 N–H and O–H groups in total. The molecule has 76 heavy (non-hydrogen) atoms. The molecule has 0 saturated carbocycles. The maximum absolute atomic E-state index is 12.3. The fourth-order valence-corrected chi connectivity index (χ4v) is 6.86. The Morgan fingerprint density at radius 1 is 0.434 bits per heavy atom. The van der Waals surface area contributed by atoms with Crippen LogP contribution < -0.4 is 33.7 Å². The van der Waals surface area contributed by atoms with E-state index in [2.05, 4.69) is 35.5 Å². The van der Waals surface area contributed by atoms with E-state index in [1.165, 1.54) is 72.6 Å². The zero-order valence-corrected chi connectivity index (χ0v) is 44.2. The van der Waals surface area contributed by atoms with E-state index in [1.807, 2.05) is 75.2 Å². The summed E-state index contributed by atoms with van der Waals surface area (Å²) in [6.07, 6.45) is -14.2. The molecule has 0 bridgehead atoms. The van der Waals surface area contributed by atoms with Gasteiger partial charge in [0.25, 0.3) is 11.8 Å². The zero-order chi connectivity index (χ0) is 56.5. The van der Waals surface area contributed by atoms with Crippen LogP contribution in [0.25, 0.3) is 0 Å². The maximum Gasteiger partial charge on any atom is 0.573 e. The number of ether oxygens (including phenoxy) is 6. The molecule has 0 aliphatic carbocycles. The highest BCUT2D eigenvalue weighted by molar-refractivity contribution is 9.10. The topological polar surface area (TPSA) is 115 Å². The van der Waals surface area contributed by atoms with Gasteiger partial charge in [0.05, 0.1) is 0 Å². The van der Waals surface area contributed by atoms with Gasteiger partial charge in [0.1, 0.15) is 51.7 Å². The monoisotopic (exact) mass is 1140 g/mol. The highest BCUT2D eigenvalue weighted by atomic mass is 79.9. The molecule has 0 aliphatic heterocycles. The van der Waals surface area contributed by atoms with E-state index < -0.39 is 19.1 Å². The second kappa shape index (κ2) is 27.5. The van der Waals surface area contributed by atoms with Crippen molar-refractivity contribution in [3.8, 4) is 51.7 Å². The highest BCUT2D eigenvalue weighted by Crippen LogP contribution is 2.34. The molecule has 23 heteroatoms. The van der Waals surface area contributed by atoms with Crippen molar-refractivity contribution < 1.29 is 77.5 Å². The third kappa shape index (κ3) is 21.9. The summed E-state index contributed by atoms with van der Waals surface area (Å²) in [5, 5.41) is 2.53. The van der Waals surface area contributed by atoms with E-state index in [-0.39, 0.29) is 29.1 Å². The van der Waals surface area contributed by atoms with Crippen LogP contribution in [0.5, 0.6) is 51.7 Å². The Balaban J connectivity index is 0.000000247. The third-order valence-electron chi connectivity index (χ3n) is 9.62. The van der Waals surface area contributed by atoms with Gasteiger partial charge >= 0.3 is 19.1 Å². The van der Waals surface area contributed by atoms with Crippen LogP contribution in [0.3, 0.4) is 0 Å². The third-order valence-corrected chi connectivity index (χ3v) is 10.1. The van der Waals surface area contributed by atoms with E-state index in [1.54, 1.807) is 50.5 Å². The van der Waals surface area contributed by atoms with E-state index >= 15 is 0 Å². The molecule has 0 fully saturated rings. The normalized spacial score (nSPS) is 11.4. The Morgan fingerprint density at radius 3 is 1.03 bits per heavy atom. The second-order valence-corrected chi connectivity index (χ2v) is 18.2. The molecule has 0 radical (unpaired) electrons. The van der Waals surface area contributed by atoms with Gasteiger partial charge in [0.15, 0.2) is 0 Å². The molecule has 0 heterocycles. The first-order valence-electron chi connectivity index (χ1n) is 22.5. The fraction of sp³-hybridized carbons (Fsp3) is 0.283. The first kappa shape index (κ1) is 61.3. The van der Waals surface area contributed by atoms with Crippen molar-refractivity contribution in [2.45, 2.75) is 38.7 Å². The Kier molecular flexibility index (Phi) is 22.2. The quantitative estimate of drug-likeness (QED) is 0.0881. The lowest BCUT2D eigenvalue weighted by atomic mass is 10.1. The summed E-state index contributed by atoms with van der Waals surface area (Å²) in [6, 6.07) is 31.3. The van der Waals surface area contributed by atoms with Gasteiger partial charge in [-0.3, -0.25) is 9.59 Å². The summed E-state index contributed by atoms with van der Waals surface area (Å²) in [5.41, 5.74) is 3.51. The van der Waals surface area contributed by atoms with E-state index in [0.29, 0.717) is 65.3 Å². The number of amides is 2. The van der Waals surface area contributed by atoms with Crippen molar-refractivity contribution in [2.24, 2.45) is 0 Å². The lowest BCUT2D eigenvalue weighted by Crippen LogP contribution is -2.21. The molecule has 0 saturated heterocycles. The molecule has 0 aliphatic rings. The van der Waals surface area contributed by atoms with Gasteiger partial charge in [-0.2, -0.15) is 0 Å². The molecular formula is C53H55BrF9N5O8. The van der Waals surface area contributed by atoms with Crippen LogP contribution in [0.4, 0.5) is 39.5 Å². The lowest BCUT2D eigenvalue weighted by Gasteiger charge is -2.17. The number of hydrogen-bond acceptors (Lipinski definition) is 11. The van der Waals surface area contributed by atoms with Crippen LogP contribution >= 0.6 is 15.9 Å². The summed E-state index contributed by atoms with van der Waals surface area (Å²) in [7, 11) is 16.3. The predicted octanol–water partition coefficient (Wildman–Crippen LogP) is 13.1. The number of alkyl halides is 9. The fourth-order valence-electron chi connectivity index (χ4n) is 6.52. The van der Waals surface area contributed by atoms with Crippen molar-refractivity contribution in [1.29, 1.82) is 0 Å². The molecule has 2 amide bonds. The van der Waals surface area contributed by atoms with Crippen molar-refractivity contribution in [3.63, 3.8) is 0 Å². The van der Waals surface area contributed by atoms with Gasteiger partial charge < -0.3 is 53.3 Å². The minimum atomic E-state index is -4.75. The summed E-state index contributed by atoms with van der Waals surface area (Å²) in [4.78, 5) is 31.3. The second-order valence-electron chi connectivity index (χ2n) is 17.3. The number of nitrogens with one attached hydrogen (secondary N) is 1. The lowest BCUT2D eigenvalue weighted by molar-refractivity contribution is -0.275. The first-order valence-corrected chi connectivity index (χ1v) is 23.3. The van der Waals surface area contributed by atoms with E-state index in [0.717, 1.165) is 33.3 Å². The van der Waals surface area contributed by atoms with Crippen LogP contribution in [0.2, 0.25) is 0 Å². The van der Waals surface area contributed by atoms with Gasteiger partial charge in [-0.1, -0.05) is 34.1 Å². The molecule has 6 rings (SSSR count). The van der Waals surface area contributed by atoms with E-state index in [4.69, 9.17) is 14.2 Å². The first-order chi connectivity index (χ1) is 35.4. The van der Waals surface area contributed by atoms with Crippen LogP contribution in [0.1, 0.15) is 37.4 Å². The van der Waals surface area contributed by atoms with Crippen LogP contribution in [0.15, 0.2) is 132 Å². The number of halogens is 10. The minimum Gasteiger partial charge on any atom is -0.457 e. The Bertz CT molecular complexity index is 2810. The number of carbonyl (C=O) groups is 2. The van der Waals surface area contributed by atoms with Crippen LogP contribution in [-0.2, 0) is 19.6 Å². The number of nitrogens with zero attached hydrogens (tertiary/aromatic N) is 4. The van der Waals surface area contributed by atoms with Gasteiger partial charge in [-0.15, -0.1) is 39.5 Å². The number of carbonyl (C=O) groups excluding carboxylic acids is 2. The minimum absolute atomic E-state index is 0.176. The average molecular weight is 1140 g/mol. The standard InChI is InChI=1S/C19H21F3N2O3.C18H19F3N2O3.C16H15BrF3NO2/c1-23(2)12-14-6-5-13(18(25)24(3)4)11-17(14)26-15-7-9-16(10-8-15)27-19(20,21)22;1-22-17(24)12-4-5-13(11-23(2)3)16(10-12)25-14-6-8-15(9-7-14)26-18(19,20)21;1-21(2)10-11-3-4-12(17)9-15(11)22-13-5-7-14(8-6-13)23-16(18,19)20/h5-11H,12H2,1-4H3;4-10H,11H2,1-3H3,(H,22,24);3-9H,10H2,1-2H3. The van der Waals surface area contributed by atoms with Gasteiger partial charge in [-0.25, -0.2) is 0 Å². The molecule has 6 aromatic carbocycles. The van der Waals surface area contributed by atoms with Crippen molar-refractivity contribution in [3.05, 3.63) is 160 Å². The molecule has 0 aromatic heterocycles. The van der Waals surface area contributed by atoms with Gasteiger partial charge in [0.2, 0.25) is 0 Å². The van der Waals surface area contributed by atoms with Crippen molar-refractivity contribution in [2.75, 3.05) is 63.4 Å². The van der Waals surface area contributed by atoms with Gasteiger partial charge in [0, 0.05) is 73.1 Å². The summed E-state index contributed by atoms with van der Waals surface area (Å²) in [6.45, 7) is 1.82. The Morgan fingerprint density at radius 2 is 0.724 bits per heavy atom. The smallest absolute Gasteiger partial charge is 0.457 e. The molecule has 6 aromatic rings. The summed E-state index contributed by atoms with van der Waals surface area (Å²) < 4.78 is 140. The van der Waals surface area contributed by atoms with Gasteiger partial charge in [-0.05, 0) is 151 Å². The molecule has 0 atom stereocenters. The largest absolute Gasteiger partial charge is 0.573 e. The van der Waals surface area contributed by atoms with Crippen LogP contribution in [-0.4, -0.2) is 114 Å². The SMILES string of the molecule is CN(C)Cc1ccc(Br)cc1Oc1ccc(OC(F)(F)F)cc1.CN(C)Cc1ccc(C(=O)N(C)C)cc1Oc1ccc(OC(F)(F)F)cc1.CNC(=O)c1ccc(CN(C)C)c(Oc2ccc(OC(F)(F)F)cc2)c1. The summed E-state index contributed by atoms with van der Waals surface area (Å²) >= 11 is 3.38. The van der Waals surface area contributed by atoms with E-state index in [9.17, 15) is 49.1 Å². The Hall–Kier alpha value is -7.21. The zero-order valence-electron chi connectivity index (χ0n) is 42.6. The highest BCUT2D eigenvalue weighted by Gasteiger charge is 2.32. The number of rotatable bonds is 17. The number of benzene rings is 6. The molecule has 0 spiro atoms. The Labute approximate surface area is 442 Å². The van der Waals surface area contributed by atoms with Crippen LogP contribution in [0, 0.1) is 0 Å². The van der Waals surface area contributed by atoms with Crippen molar-refractivity contribution >= 4 is 27.7 Å². The number of hydrogen-bond donors (Lipinski definition) is 1. The average Bonchev–Trinajstić information content (AvgIpc) is 3.31.